The Labute approximate surface area is 125 Å². The van der Waals surface area contributed by atoms with E-state index in [1.807, 2.05) is 11.4 Å². The minimum Gasteiger partial charge on any atom is -0.380 e. The second kappa shape index (κ2) is 6.19. The third kappa shape index (κ3) is 4.74. The smallest absolute Gasteiger partial charge is 0.380 e. The van der Waals surface area contributed by atoms with Gasteiger partial charge in [-0.15, -0.1) is 11.3 Å². The highest BCUT2D eigenvalue weighted by Gasteiger charge is 2.28. The van der Waals surface area contributed by atoms with Gasteiger partial charge in [-0.05, 0) is 63.4 Å². The lowest BCUT2D eigenvalue weighted by Crippen LogP contribution is -2.00. The quantitative estimate of drug-likeness (QED) is 0.692. The van der Waals surface area contributed by atoms with Crippen LogP contribution in [0, 0.1) is 0 Å². The fraction of sp³-hybridized carbons (Fsp3) is 0.167. The molecule has 2 rings (SSSR count). The Kier molecular flexibility index (Phi) is 4.81. The van der Waals surface area contributed by atoms with Gasteiger partial charge in [0.25, 0.3) is 0 Å². The molecule has 0 saturated heterocycles. The molecule has 0 radical (unpaired) electrons. The lowest BCUT2D eigenvalue weighted by Gasteiger charge is -2.08. The van der Waals surface area contributed by atoms with Gasteiger partial charge in [0.15, 0.2) is 0 Å². The molecule has 1 N–H and O–H groups in total. The van der Waals surface area contributed by atoms with Gasteiger partial charge in [0.05, 0.1) is 6.54 Å². The molecule has 0 aliphatic heterocycles. The molecule has 0 atom stereocenters. The van der Waals surface area contributed by atoms with Crippen molar-refractivity contribution in [2.75, 3.05) is 5.32 Å². The molecule has 102 valence electrons. The van der Waals surface area contributed by atoms with Gasteiger partial charge >= 0.3 is 5.51 Å². The molecule has 1 aromatic heterocycles. The number of hydrogen-bond donors (Lipinski definition) is 1. The van der Waals surface area contributed by atoms with Gasteiger partial charge in [0, 0.05) is 19.9 Å². The molecule has 0 fully saturated rings. The van der Waals surface area contributed by atoms with Gasteiger partial charge in [0.2, 0.25) is 0 Å². The Balaban J connectivity index is 1.94. The maximum absolute atomic E-state index is 12.2. The first-order valence-corrected chi connectivity index (χ1v) is 7.74. The highest BCUT2D eigenvalue weighted by atomic mass is 79.9. The molecule has 1 aromatic carbocycles. The highest BCUT2D eigenvalue weighted by Crippen LogP contribution is 2.37. The molecule has 0 aliphatic carbocycles. The second-order valence-corrected chi connectivity index (χ2v) is 6.61. The molecule has 2 aromatic rings. The zero-order valence-corrected chi connectivity index (χ0v) is 12.7. The van der Waals surface area contributed by atoms with Gasteiger partial charge < -0.3 is 5.32 Å². The van der Waals surface area contributed by atoms with Crippen LogP contribution < -0.4 is 5.32 Å². The van der Waals surface area contributed by atoms with Crippen molar-refractivity contribution in [2.45, 2.75) is 16.9 Å². The third-order valence-electron chi connectivity index (χ3n) is 2.23. The van der Waals surface area contributed by atoms with E-state index in [9.17, 15) is 13.2 Å². The first-order chi connectivity index (χ1) is 8.94. The molecule has 1 nitrogen and oxygen atoms in total. The number of halogens is 4. The van der Waals surface area contributed by atoms with Gasteiger partial charge in [-0.2, -0.15) is 13.2 Å². The Morgan fingerprint density at radius 2 is 1.84 bits per heavy atom. The SMILES string of the molecule is FC(F)(F)Sc1ccc(NCc2sccc2Br)cc1. The number of alkyl halides is 3. The fourth-order valence-corrected chi connectivity index (χ4v) is 3.38. The summed E-state index contributed by atoms with van der Waals surface area (Å²) in [6, 6.07) is 8.18. The summed E-state index contributed by atoms with van der Waals surface area (Å²) in [5.41, 5.74) is -3.44. The maximum atomic E-state index is 12.2. The number of benzene rings is 1. The summed E-state index contributed by atoms with van der Waals surface area (Å²) in [5.74, 6) is 0. The first-order valence-electron chi connectivity index (χ1n) is 5.25. The van der Waals surface area contributed by atoms with Crippen LogP contribution in [0.4, 0.5) is 18.9 Å². The molecular formula is C12H9BrF3NS2. The van der Waals surface area contributed by atoms with E-state index < -0.39 is 5.51 Å². The Morgan fingerprint density at radius 1 is 1.16 bits per heavy atom. The third-order valence-corrected chi connectivity index (χ3v) is 4.90. The highest BCUT2D eigenvalue weighted by molar-refractivity contribution is 9.10. The van der Waals surface area contributed by atoms with E-state index in [1.165, 1.54) is 12.1 Å². The van der Waals surface area contributed by atoms with Crippen LogP contribution in [0.5, 0.6) is 0 Å². The van der Waals surface area contributed by atoms with Crippen molar-refractivity contribution in [3.63, 3.8) is 0 Å². The number of rotatable bonds is 4. The Bertz CT molecular complexity index is 537. The van der Waals surface area contributed by atoms with Crippen LogP contribution in [0.3, 0.4) is 0 Å². The van der Waals surface area contributed by atoms with Crippen molar-refractivity contribution >= 4 is 44.7 Å². The summed E-state index contributed by atoms with van der Waals surface area (Å²) >= 11 is 4.94. The summed E-state index contributed by atoms with van der Waals surface area (Å²) in [5, 5.41) is 5.14. The summed E-state index contributed by atoms with van der Waals surface area (Å²) in [4.78, 5) is 1.34. The van der Waals surface area contributed by atoms with E-state index in [1.54, 1.807) is 23.5 Å². The summed E-state index contributed by atoms with van der Waals surface area (Å²) < 4.78 is 37.5. The maximum Gasteiger partial charge on any atom is 0.446 e. The fourth-order valence-electron chi connectivity index (χ4n) is 1.41. The topological polar surface area (TPSA) is 12.0 Å². The molecule has 19 heavy (non-hydrogen) atoms. The van der Waals surface area contributed by atoms with Crippen LogP contribution in [-0.2, 0) is 6.54 Å². The second-order valence-electron chi connectivity index (χ2n) is 3.62. The van der Waals surface area contributed by atoms with Crippen molar-refractivity contribution in [3.8, 4) is 0 Å². The zero-order valence-electron chi connectivity index (χ0n) is 9.50. The van der Waals surface area contributed by atoms with Gasteiger partial charge in [-0.25, -0.2) is 0 Å². The molecule has 1 heterocycles. The van der Waals surface area contributed by atoms with E-state index in [0.29, 0.717) is 6.54 Å². The largest absolute Gasteiger partial charge is 0.446 e. The first kappa shape index (κ1) is 14.7. The van der Waals surface area contributed by atoms with E-state index in [0.717, 1.165) is 15.0 Å². The monoisotopic (exact) mass is 367 g/mol. The van der Waals surface area contributed by atoms with Gasteiger partial charge in [-0.3, -0.25) is 0 Å². The average Bonchev–Trinajstić information content (AvgIpc) is 2.72. The molecule has 0 spiro atoms. The van der Waals surface area contributed by atoms with Crippen LogP contribution in [0.25, 0.3) is 0 Å². The lowest BCUT2D eigenvalue weighted by atomic mass is 10.3. The van der Waals surface area contributed by atoms with E-state index >= 15 is 0 Å². The van der Waals surface area contributed by atoms with E-state index in [-0.39, 0.29) is 16.7 Å². The molecule has 0 unspecified atom stereocenters. The van der Waals surface area contributed by atoms with E-state index in [2.05, 4.69) is 21.2 Å². The van der Waals surface area contributed by atoms with Crippen molar-refractivity contribution in [1.29, 1.82) is 0 Å². The predicted molar refractivity (Wildman–Crippen MR) is 77.7 cm³/mol. The lowest BCUT2D eigenvalue weighted by molar-refractivity contribution is -0.0328. The average molecular weight is 368 g/mol. The minimum absolute atomic E-state index is 0.105. The minimum atomic E-state index is -4.24. The van der Waals surface area contributed by atoms with Gasteiger partial charge in [-0.1, -0.05) is 0 Å². The number of thiophene rings is 1. The molecule has 0 amide bonds. The van der Waals surface area contributed by atoms with Crippen molar-refractivity contribution in [1.82, 2.24) is 0 Å². The number of hydrogen-bond acceptors (Lipinski definition) is 3. The number of thioether (sulfide) groups is 1. The predicted octanol–water partition coefficient (Wildman–Crippen LogP) is 5.73. The van der Waals surface area contributed by atoms with Crippen molar-refractivity contribution in [3.05, 3.63) is 45.1 Å². The Hall–Kier alpha value is -0.660. The van der Waals surface area contributed by atoms with Crippen molar-refractivity contribution < 1.29 is 13.2 Å². The molecule has 0 aliphatic rings. The van der Waals surface area contributed by atoms with Crippen LogP contribution in [0.2, 0.25) is 0 Å². The van der Waals surface area contributed by atoms with Crippen LogP contribution in [0.15, 0.2) is 45.1 Å². The summed E-state index contributed by atoms with van der Waals surface area (Å²) in [6.07, 6.45) is 0. The summed E-state index contributed by atoms with van der Waals surface area (Å²) in [7, 11) is 0. The zero-order chi connectivity index (χ0) is 13.9. The number of nitrogens with one attached hydrogen (secondary N) is 1. The molecular weight excluding hydrogens is 359 g/mol. The normalized spacial score (nSPS) is 11.6. The summed E-state index contributed by atoms with van der Waals surface area (Å²) in [6.45, 7) is 0.643. The standard InChI is InChI=1S/C12H9BrF3NS2/c13-10-5-6-18-11(10)7-17-8-1-3-9(4-2-8)19-12(14,15)16/h1-6,17H,7H2. The van der Waals surface area contributed by atoms with Crippen molar-refractivity contribution in [2.24, 2.45) is 0 Å². The van der Waals surface area contributed by atoms with Crippen LogP contribution >= 0.6 is 39.0 Å². The molecule has 0 saturated carbocycles. The van der Waals surface area contributed by atoms with Crippen LogP contribution in [0.1, 0.15) is 4.88 Å². The van der Waals surface area contributed by atoms with Crippen LogP contribution in [-0.4, -0.2) is 5.51 Å². The Morgan fingerprint density at radius 3 is 2.37 bits per heavy atom. The van der Waals surface area contributed by atoms with E-state index in [4.69, 9.17) is 0 Å². The molecule has 7 heteroatoms. The van der Waals surface area contributed by atoms with Gasteiger partial charge in [0.1, 0.15) is 0 Å². The molecule has 0 bridgehead atoms. The number of anilines is 1.